The SMILES string of the molecule is C=CCN1C(=O)/C(=C/c2ccc(F)cc2)SC1=Nc1ccc(C(=O)O)c(O)c1. The van der Waals surface area contributed by atoms with Gasteiger partial charge in [-0.2, -0.15) is 0 Å². The van der Waals surface area contributed by atoms with E-state index in [1.54, 1.807) is 24.3 Å². The molecule has 0 bridgehead atoms. The van der Waals surface area contributed by atoms with Gasteiger partial charge in [-0.05, 0) is 47.7 Å². The maximum atomic E-state index is 13.1. The summed E-state index contributed by atoms with van der Waals surface area (Å²) in [6.45, 7) is 3.87. The number of amides is 1. The van der Waals surface area contributed by atoms with E-state index in [1.807, 2.05) is 0 Å². The number of hydrogen-bond donors (Lipinski definition) is 2. The van der Waals surface area contributed by atoms with Crippen LogP contribution in [0.2, 0.25) is 0 Å². The smallest absolute Gasteiger partial charge is 0.339 e. The standard InChI is InChI=1S/C20H15FN2O4S/c1-2-9-23-18(25)17(10-12-3-5-13(21)6-4-12)28-20(23)22-14-7-8-15(19(26)27)16(24)11-14/h2-8,10-11,24H,1,9H2,(H,26,27)/b17-10-,22-20?. The van der Waals surface area contributed by atoms with Crippen molar-refractivity contribution < 1.29 is 24.2 Å². The van der Waals surface area contributed by atoms with Crippen molar-refractivity contribution in [3.05, 3.63) is 77.0 Å². The van der Waals surface area contributed by atoms with Gasteiger partial charge in [-0.1, -0.05) is 18.2 Å². The number of rotatable bonds is 5. The Morgan fingerprint density at radius 1 is 1.25 bits per heavy atom. The summed E-state index contributed by atoms with van der Waals surface area (Å²) < 4.78 is 13.1. The minimum atomic E-state index is -1.25. The zero-order valence-corrected chi connectivity index (χ0v) is 15.3. The Balaban J connectivity index is 1.95. The molecule has 8 heteroatoms. The summed E-state index contributed by atoms with van der Waals surface area (Å²) in [5, 5.41) is 19.2. The predicted molar refractivity (Wildman–Crippen MR) is 106 cm³/mol. The van der Waals surface area contributed by atoms with Gasteiger partial charge in [-0.25, -0.2) is 14.2 Å². The second-order valence-corrected chi connectivity index (χ2v) is 6.78. The summed E-state index contributed by atoms with van der Waals surface area (Å²) in [7, 11) is 0. The number of phenols is 1. The first-order valence-electron chi connectivity index (χ1n) is 8.12. The fraction of sp³-hybridized carbons (Fsp3) is 0.0500. The number of carbonyl (C=O) groups is 2. The summed E-state index contributed by atoms with van der Waals surface area (Å²) in [5.41, 5.74) is 0.731. The number of benzene rings is 2. The van der Waals surface area contributed by atoms with Gasteiger partial charge < -0.3 is 10.2 Å². The minimum absolute atomic E-state index is 0.227. The molecule has 0 aliphatic carbocycles. The first-order valence-corrected chi connectivity index (χ1v) is 8.93. The molecule has 1 heterocycles. The second-order valence-electron chi connectivity index (χ2n) is 5.77. The average molecular weight is 398 g/mol. The van der Waals surface area contributed by atoms with Crippen molar-refractivity contribution in [2.75, 3.05) is 6.54 Å². The molecule has 2 aromatic carbocycles. The van der Waals surface area contributed by atoms with E-state index in [0.717, 1.165) is 11.8 Å². The van der Waals surface area contributed by atoms with Gasteiger partial charge in [0.2, 0.25) is 0 Å². The van der Waals surface area contributed by atoms with Gasteiger partial charge in [-0.3, -0.25) is 9.69 Å². The Bertz CT molecular complexity index is 1020. The lowest BCUT2D eigenvalue weighted by Gasteiger charge is -2.12. The van der Waals surface area contributed by atoms with Crippen LogP contribution in [0.4, 0.5) is 10.1 Å². The van der Waals surface area contributed by atoms with E-state index in [2.05, 4.69) is 11.6 Å². The number of halogens is 1. The third-order valence-corrected chi connectivity index (χ3v) is 4.81. The first kappa shape index (κ1) is 19.4. The summed E-state index contributed by atoms with van der Waals surface area (Å²) >= 11 is 1.13. The average Bonchev–Trinajstić information content (AvgIpc) is 2.92. The Morgan fingerprint density at radius 2 is 1.96 bits per heavy atom. The monoisotopic (exact) mass is 398 g/mol. The van der Waals surface area contributed by atoms with Crippen molar-refractivity contribution >= 4 is 40.6 Å². The number of aromatic carboxylic acids is 1. The zero-order chi connectivity index (χ0) is 20.3. The van der Waals surface area contributed by atoms with E-state index in [4.69, 9.17) is 5.11 Å². The van der Waals surface area contributed by atoms with Crippen molar-refractivity contribution in [3.63, 3.8) is 0 Å². The number of thioether (sulfide) groups is 1. The molecule has 2 N–H and O–H groups in total. The summed E-state index contributed by atoms with van der Waals surface area (Å²) in [4.78, 5) is 29.9. The largest absolute Gasteiger partial charge is 0.507 e. The molecule has 28 heavy (non-hydrogen) atoms. The van der Waals surface area contributed by atoms with Gasteiger partial charge in [0, 0.05) is 12.6 Å². The molecule has 1 aliphatic heterocycles. The number of hydrogen-bond acceptors (Lipinski definition) is 5. The molecule has 0 atom stereocenters. The predicted octanol–water partition coefficient (Wildman–Crippen LogP) is 4.02. The zero-order valence-electron chi connectivity index (χ0n) is 14.5. The van der Waals surface area contributed by atoms with Crippen LogP contribution in [0.1, 0.15) is 15.9 Å². The molecule has 2 aromatic rings. The van der Waals surface area contributed by atoms with Crippen molar-refractivity contribution in [2.24, 2.45) is 4.99 Å². The fourth-order valence-corrected chi connectivity index (χ4v) is 3.48. The van der Waals surface area contributed by atoms with Crippen molar-refractivity contribution in [3.8, 4) is 5.75 Å². The Kier molecular flexibility index (Phi) is 5.60. The van der Waals surface area contributed by atoms with Gasteiger partial charge in [-0.15, -0.1) is 6.58 Å². The van der Waals surface area contributed by atoms with Gasteiger partial charge in [0.05, 0.1) is 10.6 Å². The molecule has 0 unspecified atom stereocenters. The Hall–Kier alpha value is -3.39. The number of carboxylic acid groups (broad SMARTS) is 1. The van der Waals surface area contributed by atoms with E-state index < -0.39 is 11.7 Å². The third-order valence-electron chi connectivity index (χ3n) is 3.80. The van der Waals surface area contributed by atoms with Crippen LogP contribution in [0.15, 0.2) is 65.0 Å². The molecule has 1 aliphatic rings. The topological polar surface area (TPSA) is 90.2 Å². The van der Waals surface area contributed by atoms with Crippen LogP contribution in [0.5, 0.6) is 5.75 Å². The van der Waals surface area contributed by atoms with Gasteiger partial charge in [0.15, 0.2) is 5.17 Å². The van der Waals surface area contributed by atoms with E-state index in [9.17, 15) is 19.1 Å². The lowest BCUT2D eigenvalue weighted by atomic mass is 10.2. The molecule has 0 aromatic heterocycles. The van der Waals surface area contributed by atoms with E-state index in [0.29, 0.717) is 21.3 Å². The van der Waals surface area contributed by atoms with E-state index in [-0.39, 0.29) is 23.8 Å². The highest BCUT2D eigenvalue weighted by atomic mass is 32.2. The highest BCUT2D eigenvalue weighted by Gasteiger charge is 2.32. The summed E-state index contributed by atoms with van der Waals surface area (Å²) in [5.74, 6) is -2.31. The van der Waals surface area contributed by atoms with Crippen LogP contribution in [-0.2, 0) is 4.79 Å². The highest BCUT2D eigenvalue weighted by molar-refractivity contribution is 8.18. The molecule has 142 valence electrons. The summed E-state index contributed by atoms with van der Waals surface area (Å²) in [6.07, 6.45) is 3.19. The van der Waals surface area contributed by atoms with Gasteiger partial charge in [0.25, 0.3) is 5.91 Å². The van der Waals surface area contributed by atoms with Crippen LogP contribution < -0.4 is 0 Å². The molecule has 1 fully saturated rings. The Labute approximate surface area is 164 Å². The molecular formula is C20H15FN2O4S. The Morgan fingerprint density at radius 3 is 2.57 bits per heavy atom. The first-order chi connectivity index (χ1) is 13.4. The van der Waals surface area contributed by atoms with Gasteiger partial charge >= 0.3 is 5.97 Å². The minimum Gasteiger partial charge on any atom is -0.507 e. The lowest BCUT2D eigenvalue weighted by molar-refractivity contribution is -0.121. The normalized spacial score (nSPS) is 16.8. The van der Waals surface area contributed by atoms with Gasteiger partial charge in [0.1, 0.15) is 17.1 Å². The van der Waals surface area contributed by atoms with Crippen LogP contribution in [-0.4, -0.2) is 38.7 Å². The number of carboxylic acids is 1. The molecule has 1 amide bonds. The number of aromatic hydroxyl groups is 1. The maximum Gasteiger partial charge on any atom is 0.339 e. The summed E-state index contributed by atoms with van der Waals surface area (Å²) in [6, 6.07) is 9.63. The van der Waals surface area contributed by atoms with Crippen LogP contribution in [0.3, 0.4) is 0 Å². The van der Waals surface area contributed by atoms with Crippen molar-refractivity contribution in [2.45, 2.75) is 0 Å². The molecule has 1 saturated heterocycles. The molecule has 0 saturated carbocycles. The number of nitrogens with zero attached hydrogens (tertiary/aromatic N) is 2. The second kappa shape index (κ2) is 8.10. The number of aliphatic imine (C=N–C) groups is 1. The lowest BCUT2D eigenvalue weighted by Crippen LogP contribution is -2.29. The van der Waals surface area contributed by atoms with E-state index in [1.165, 1.54) is 35.2 Å². The van der Waals surface area contributed by atoms with Crippen molar-refractivity contribution in [1.82, 2.24) is 4.90 Å². The fourth-order valence-electron chi connectivity index (χ4n) is 2.47. The molecule has 0 spiro atoms. The maximum absolute atomic E-state index is 13.1. The molecular weight excluding hydrogens is 383 g/mol. The van der Waals surface area contributed by atoms with Crippen LogP contribution in [0.25, 0.3) is 6.08 Å². The van der Waals surface area contributed by atoms with Crippen molar-refractivity contribution in [1.29, 1.82) is 0 Å². The van der Waals surface area contributed by atoms with Crippen LogP contribution in [0, 0.1) is 5.82 Å². The number of amidine groups is 1. The third kappa shape index (κ3) is 4.12. The highest BCUT2D eigenvalue weighted by Crippen LogP contribution is 2.35. The van der Waals surface area contributed by atoms with Crippen LogP contribution >= 0.6 is 11.8 Å². The number of carbonyl (C=O) groups excluding carboxylic acids is 1. The van der Waals surface area contributed by atoms with E-state index >= 15 is 0 Å². The molecule has 6 nitrogen and oxygen atoms in total. The molecule has 0 radical (unpaired) electrons. The quantitative estimate of drug-likeness (QED) is 0.586. The molecule has 3 rings (SSSR count).